The minimum atomic E-state index is -0.385. The molecule has 6 heteroatoms. The Bertz CT molecular complexity index is 756. The maximum Gasteiger partial charge on any atom is 0.161 e. The highest BCUT2D eigenvalue weighted by molar-refractivity contribution is 9.10. The second-order valence-corrected chi connectivity index (χ2v) is 7.52. The quantitative estimate of drug-likeness (QED) is 0.786. The van der Waals surface area contributed by atoms with Gasteiger partial charge in [-0.25, -0.2) is 9.97 Å². The zero-order chi connectivity index (χ0) is 16.7. The number of anilines is 1. The van der Waals surface area contributed by atoms with Crippen molar-refractivity contribution in [1.82, 2.24) is 9.97 Å². The Hall–Kier alpha value is -1.50. The fraction of sp³-hybridized carbons (Fsp3) is 0.444. The number of hydrogen-bond acceptors (Lipinski definition) is 5. The van der Waals surface area contributed by atoms with Crippen molar-refractivity contribution >= 4 is 21.7 Å². The molecule has 5 nitrogen and oxygen atoms in total. The maximum absolute atomic E-state index is 5.98. The third kappa shape index (κ3) is 2.83. The average molecular weight is 390 g/mol. The van der Waals surface area contributed by atoms with Gasteiger partial charge in [0, 0.05) is 28.7 Å². The number of fused-ring (bicyclic) bond motifs is 1. The summed E-state index contributed by atoms with van der Waals surface area (Å²) in [5.41, 5.74) is 2.74. The molecule has 1 aromatic heterocycles. The molecule has 0 amide bonds. The smallest absolute Gasteiger partial charge is 0.161 e. The second kappa shape index (κ2) is 6.10. The van der Waals surface area contributed by atoms with Crippen LogP contribution >= 0.6 is 15.9 Å². The first-order valence-corrected chi connectivity index (χ1v) is 8.98. The topological polar surface area (TPSA) is 47.5 Å². The summed E-state index contributed by atoms with van der Waals surface area (Å²) in [6, 6.07) is 8.11. The molecule has 126 valence electrons. The van der Waals surface area contributed by atoms with Crippen molar-refractivity contribution in [2.24, 2.45) is 0 Å². The molecule has 2 aromatic rings. The van der Waals surface area contributed by atoms with E-state index < -0.39 is 0 Å². The van der Waals surface area contributed by atoms with E-state index in [1.807, 2.05) is 24.3 Å². The summed E-state index contributed by atoms with van der Waals surface area (Å²) < 4.78 is 12.5. The van der Waals surface area contributed by atoms with Gasteiger partial charge in [-0.2, -0.15) is 0 Å². The fourth-order valence-corrected chi connectivity index (χ4v) is 3.45. The van der Waals surface area contributed by atoms with Crippen LogP contribution in [0.25, 0.3) is 11.4 Å². The van der Waals surface area contributed by atoms with E-state index in [4.69, 9.17) is 19.4 Å². The lowest BCUT2D eigenvalue weighted by molar-refractivity contribution is -0.0100. The van der Waals surface area contributed by atoms with Gasteiger partial charge in [0.1, 0.15) is 11.4 Å². The van der Waals surface area contributed by atoms with Crippen LogP contribution in [0.4, 0.5) is 5.82 Å². The molecule has 0 bridgehead atoms. The molecule has 0 aliphatic carbocycles. The number of halogens is 1. The van der Waals surface area contributed by atoms with E-state index in [2.05, 4.69) is 34.7 Å². The van der Waals surface area contributed by atoms with Gasteiger partial charge in [0.05, 0.1) is 25.5 Å². The van der Waals surface area contributed by atoms with Crippen LogP contribution in [0.1, 0.15) is 25.1 Å². The molecule has 0 radical (unpaired) electrons. The molecule has 2 aliphatic heterocycles. The van der Waals surface area contributed by atoms with Gasteiger partial charge in [0.25, 0.3) is 0 Å². The van der Waals surface area contributed by atoms with Crippen LogP contribution in [0.5, 0.6) is 0 Å². The van der Waals surface area contributed by atoms with Gasteiger partial charge >= 0.3 is 0 Å². The van der Waals surface area contributed by atoms with E-state index in [-0.39, 0.29) is 5.60 Å². The standard InChI is InChI=1S/C18H20BrN3O2/c1-18(2)15-14(11-24-18)17(22-7-9-23-10-8-22)21-16(20-15)12-3-5-13(19)6-4-12/h3-6H,7-11H2,1-2H3. The first-order chi connectivity index (χ1) is 11.5. The van der Waals surface area contributed by atoms with Gasteiger partial charge in [-0.1, -0.05) is 28.1 Å². The van der Waals surface area contributed by atoms with Crippen LogP contribution in [0, 0.1) is 0 Å². The van der Waals surface area contributed by atoms with Gasteiger partial charge in [0.2, 0.25) is 0 Å². The van der Waals surface area contributed by atoms with E-state index in [0.29, 0.717) is 6.61 Å². The number of aromatic nitrogens is 2. The highest BCUT2D eigenvalue weighted by Gasteiger charge is 2.37. The average Bonchev–Trinajstić information content (AvgIpc) is 2.91. The lowest BCUT2D eigenvalue weighted by atomic mass is 10.0. The summed E-state index contributed by atoms with van der Waals surface area (Å²) in [7, 11) is 0. The highest BCUT2D eigenvalue weighted by atomic mass is 79.9. The van der Waals surface area contributed by atoms with Crippen LogP contribution in [0.2, 0.25) is 0 Å². The monoisotopic (exact) mass is 389 g/mol. The summed E-state index contributed by atoms with van der Waals surface area (Å²) in [4.78, 5) is 12.0. The lowest BCUT2D eigenvalue weighted by Crippen LogP contribution is -2.37. The molecule has 1 aromatic carbocycles. The molecular weight excluding hydrogens is 370 g/mol. The lowest BCUT2D eigenvalue weighted by Gasteiger charge is -2.29. The van der Waals surface area contributed by atoms with Crippen LogP contribution < -0.4 is 4.90 Å². The van der Waals surface area contributed by atoms with Crippen LogP contribution in [-0.2, 0) is 21.7 Å². The highest BCUT2D eigenvalue weighted by Crippen LogP contribution is 2.40. The third-order valence-electron chi connectivity index (χ3n) is 4.55. The maximum atomic E-state index is 5.98. The molecule has 4 rings (SSSR count). The molecule has 0 unspecified atom stereocenters. The van der Waals surface area contributed by atoms with Crippen LogP contribution in [-0.4, -0.2) is 36.3 Å². The third-order valence-corrected chi connectivity index (χ3v) is 5.07. The number of ether oxygens (including phenoxy) is 2. The molecule has 0 spiro atoms. The minimum absolute atomic E-state index is 0.385. The Morgan fingerprint density at radius 3 is 2.50 bits per heavy atom. The van der Waals surface area contributed by atoms with E-state index in [1.54, 1.807) is 0 Å². The normalized spacial score (nSPS) is 19.4. The van der Waals surface area contributed by atoms with Crippen molar-refractivity contribution in [2.45, 2.75) is 26.1 Å². The molecule has 1 saturated heterocycles. The summed E-state index contributed by atoms with van der Waals surface area (Å²) in [6.45, 7) is 7.87. The molecule has 2 aliphatic rings. The number of morpholine rings is 1. The van der Waals surface area contributed by atoms with Gasteiger partial charge in [0.15, 0.2) is 5.82 Å². The Morgan fingerprint density at radius 1 is 1.08 bits per heavy atom. The van der Waals surface area contributed by atoms with Gasteiger partial charge in [-0.05, 0) is 26.0 Å². The van der Waals surface area contributed by atoms with Crippen molar-refractivity contribution in [3.63, 3.8) is 0 Å². The Kier molecular flexibility index (Phi) is 4.06. The first kappa shape index (κ1) is 16.0. The Labute approximate surface area is 150 Å². The molecule has 24 heavy (non-hydrogen) atoms. The summed E-state index contributed by atoms with van der Waals surface area (Å²) in [5, 5.41) is 0. The van der Waals surface area contributed by atoms with E-state index in [0.717, 1.165) is 59.2 Å². The summed E-state index contributed by atoms with van der Waals surface area (Å²) in [6.07, 6.45) is 0. The Balaban J connectivity index is 1.85. The summed E-state index contributed by atoms with van der Waals surface area (Å²) >= 11 is 3.48. The second-order valence-electron chi connectivity index (χ2n) is 6.60. The van der Waals surface area contributed by atoms with E-state index >= 15 is 0 Å². The molecule has 1 fully saturated rings. The van der Waals surface area contributed by atoms with Crippen molar-refractivity contribution in [1.29, 1.82) is 0 Å². The molecule has 0 N–H and O–H groups in total. The van der Waals surface area contributed by atoms with E-state index in [1.165, 1.54) is 0 Å². The largest absolute Gasteiger partial charge is 0.378 e. The number of hydrogen-bond donors (Lipinski definition) is 0. The molecule has 0 atom stereocenters. The van der Waals surface area contributed by atoms with Crippen LogP contribution in [0.3, 0.4) is 0 Å². The van der Waals surface area contributed by atoms with E-state index in [9.17, 15) is 0 Å². The number of rotatable bonds is 2. The molecule has 3 heterocycles. The van der Waals surface area contributed by atoms with Gasteiger partial charge in [-0.15, -0.1) is 0 Å². The fourth-order valence-electron chi connectivity index (χ4n) is 3.19. The van der Waals surface area contributed by atoms with Crippen LogP contribution in [0.15, 0.2) is 28.7 Å². The zero-order valence-corrected chi connectivity index (χ0v) is 15.5. The van der Waals surface area contributed by atoms with Crippen molar-refractivity contribution in [3.05, 3.63) is 40.0 Å². The Morgan fingerprint density at radius 2 is 1.79 bits per heavy atom. The summed E-state index contributed by atoms with van der Waals surface area (Å²) in [5.74, 6) is 1.74. The number of benzene rings is 1. The van der Waals surface area contributed by atoms with Crippen molar-refractivity contribution in [3.8, 4) is 11.4 Å². The number of nitrogens with zero attached hydrogens (tertiary/aromatic N) is 3. The molecule has 0 saturated carbocycles. The minimum Gasteiger partial charge on any atom is -0.378 e. The predicted molar refractivity (Wildman–Crippen MR) is 96.0 cm³/mol. The first-order valence-electron chi connectivity index (χ1n) is 8.18. The van der Waals surface area contributed by atoms with Crippen molar-refractivity contribution < 1.29 is 9.47 Å². The SMILES string of the molecule is CC1(C)OCc2c(N3CCOCC3)nc(-c3ccc(Br)cc3)nc21. The van der Waals surface area contributed by atoms with Gasteiger partial charge in [-0.3, -0.25) is 0 Å². The van der Waals surface area contributed by atoms with Gasteiger partial charge < -0.3 is 14.4 Å². The predicted octanol–water partition coefficient (Wildman–Crippen LogP) is 3.51. The van der Waals surface area contributed by atoms with Crippen molar-refractivity contribution in [2.75, 3.05) is 31.2 Å². The zero-order valence-electron chi connectivity index (χ0n) is 13.9. The molecular formula is C18H20BrN3O2.